The molecular formula is C18H30N4O. The summed E-state index contributed by atoms with van der Waals surface area (Å²) >= 11 is 0. The van der Waals surface area contributed by atoms with Gasteiger partial charge >= 0.3 is 0 Å². The van der Waals surface area contributed by atoms with E-state index in [1.165, 1.54) is 19.4 Å². The molecular weight excluding hydrogens is 288 g/mol. The number of benzene rings is 1. The first-order valence-corrected chi connectivity index (χ1v) is 8.47. The fourth-order valence-corrected chi connectivity index (χ4v) is 2.86. The highest BCUT2D eigenvalue weighted by atomic mass is 16.5. The minimum absolute atomic E-state index is 0.0730. The normalized spacial score (nSPS) is 20.3. The summed E-state index contributed by atoms with van der Waals surface area (Å²) < 4.78 is 5.98. The third-order valence-electron chi connectivity index (χ3n) is 4.38. The van der Waals surface area contributed by atoms with E-state index >= 15 is 0 Å². The number of aliphatic imine (C=N–C) groups is 1. The van der Waals surface area contributed by atoms with Crippen molar-refractivity contribution >= 4 is 5.96 Å². The van der Waals surface area contributed by atoms with Gasteiger partial charge in [0.05, 0.1) is 6.54 Å². The average Bonchev–Trinajstić information content (AvgIpc) is 2.95. The number of rotatable bonds is 6. The Kier molecular flexibility index (Phi) is 6.71. The van der Waals surface area contributed by atoms with Gasteiger partial charge in [-0.15, -0.1) is 0 Å². The van der Waals surface area contributed by atoms with E-state index in [-0.39, 0.29) is 6.10 Å². The van der Waals surface area contributed by atoms with Crippen LogP contribution in [0.4, 0.5) is 0 Å². The molecule has 5 heteroatoms. The summed E-state index contributed by atoms with van der Waals surface area (Å²) in [4.78, 5) is 6.70. The van der Waals surface area contributed by atoms with Crippen molar-refractivity contribution in [1.29, 1.82) is 0 Å². The predicted octanol–water partition coefficient (Wildman–Crippen LogP) is 2.02. The van der Waals surface area contributed by atoms with E-state index in [9.17, 15) is 0 Å². The van der Waals surface area contributed by atoms with Gasteiger partial charge in [0.1, 0.15) is 11.9 Å². The maximum absolute atomic E-state index is 5.98. The quantitative estimate of drug-likeness (QED) is 0.622. The minimum atomic E-state index is 0.0730. The fraction of sp³-hybridized carbons (Fsp3) is 0.611. The third-order valence-corrected chi connectivity index (χ3v) is 4.38. The molecule has 0 aliphatic carbocycles. The van der Waals surface area contributed by atoms with Crippen LogP contribution < -0.4 is 15.4 Å². The van der Waals surface area contributed by atoms with E-state index in [1.54, 1.807) is 7.05 Å². The number of nitrogens with zero attached hydrogens (tertiary/aromatic N) is 2. The van der Waals surface area contributed by atoms with Crippen molar-refractivity contribution in [3.63, 3.8) is 0 Å². The Morgan fingerprint density at radius 2 is 2.17 bits per heavy atom. The molecule has 0 aromatic heterocycles. The molecule has 0 radical (unpaired) electrons. The van der Waals surface area contributed by atoms with Crippen LogP contribution in [0.5, 0.6) is 5.75 Å². The van der Waals surface area contributed by atoms with E-state index in [2.05, 4.69) is 47.5 Å². The van der Waals surface area contributed by atoms with Crippen LogP contribution in [0.3, 0.4) is 0 Å². The molecule has 1 aliphatic heterocycles. The van der Waals surface area contributed by atoms with Crippen LogP contribution in [-0.2, 0) is 0 Å². The van der Waals surface area contributed by atoms with Crippen molar-refractivity contribution in [3.05, 3.63) is 29.8 Å². The lowest BCUT2D eigenvalue weighted by molar-refractivity contribution is 0.222. The molecule has 1 aromatic carbocycles. The highest BCUT2D eigenvalue weighted by Gasteiger charge is 2.20. The molecule has 5 nitrogen and oxygen atoms in total. The molecule has 1 aliphatic rings. The second-order valence-corrected chi connectivity index (χ2v) is 6.30. The van der Waals surface area contributed by atoms with Gasteiger partial charge in [-0.25, -0.2) is 0 Å². The van der Waals surface area contributed by atoms with Crippen LogP contribution in [0.1, 0.15) is 25.3 Å². The van der Waals surface area contributed by atoms with Crippen molar-refractivity contribution in [2.24, 2.45) is 4.99 Å². The molecule has 1 fully saturated rings. The van der Waals surface area contributed by atoms with Gasteiger partial charge in [0.2, 0.25) is 0 Å². The lowest BCUT2D eigenvalue weighted by Crippen LogP contribution is -2.46. The molecule has 0 bridgehead atoms. The summed E-state index contributed by atoms with van der Waals surface area (Å²) in [6, 6.07) is 8.70. The Hall–Kier alpha value is -1.75. The van der Waals surface area contributed by atoms with Gasteiger partial charge in [-0.2, -0.15) is 0 Å². The standard InChI is InChI=1S/C18H30N4O/c1-14-8-5-6-10-17(14)23-15(2)12-20-18(19-3)21-13-16-9-7-11-22(16)4/h5-6,8,10,15-16H,7,9,11-13H2,1-4H3,(H2,19,20,21). The van der Waals surface area contributed by atoms with Crippen molar-refractivity contribution < 1.29 is 4.74 Å². The van der Waals surface area contributed by atoms with Gasteiger partial charge in [-0.1, -0.05) is 18.2 Å². The number of likely N-dealkylation sites (tertiary alicyclic amines) is 1. The zero-order chi connectivity index (χ0) is 16.7. The second kappa shape index (κ2) is 8.77. The molecule has 128 valence electrons. The molecule has 0 spiro atoms. The van der Waals surface area contributed by atoms with Crippen LogP contribution in [0.2, 0.25) is 0 Å². The Morgan fingerprint density at radius 1 is 1.39 bits per heavy atom. The smallest absolute Gasteiger partial charge is 0.191 e. The van der Waals surface area contributed by atoms with E-state index in [4.69, 9.17) is 4.74 Å². The predicted molar refractivity (Wildman–Crippen MR) is 96.3 cm³/mol. The molecule has 23 heavy (non-hydrogen) atoms. The Morgan fingerprint density at radius 3 is 2.83 bits per heavy atom. The number of guanidine groups is 1. The van der Waals surface area contributed by atoms with Crippen LogP contribution in [0.15, 0.2) is 29.3 Å². The highest BCUT2D eigenvalue weighted by Crippen LogP contribution is 2.17. The molecule has 2 rings (SSSR count). The highest BCUT2D eigenvalue weighted by molar-refractivity contribution is 5.79. The lowest BCUT2D eigenvalue weighted by Gasteiger charge is -2.22. The third kappa shape index (κ3) is 5.43. The minimum Gasteiger partial charge on any atom is -0.489 e. The van der Waals surface area contributed by atoms with Crippen molar-refractivity contribution in [2.45, 2.75) is 38.8 Å². The fourth-order valence-electron chi connectivity index (χ4n) is 2.86. The number of para-hydroxylation sites is 1. The van der Waals surface area contributed by atoms with E-state index < -0.39 is 0 Å². The monoisotopic (exact) mass is 318 g/mol. The molecule has 2 unspecified atom stereocenters. The topological polar surface area (TPSA) is 48.9 Å². The van der Waals surface area contributed by atoms with Gasteiger partial charge in [0.15, 0.2) is 5.96 Å². The van der Waals surface area contributed by atoms with Crippen molar-refractivity contribution in [1.82, 2.24) is 15.5 Å². The summed E-state index contributed by atoms with van der Waals surface area (Å²) in [5.74, 6) is 1.78. The van der Waals surface area contributed by atoms with Gasteiger partial charge < -0.3 is 20.3 Å². The SMILES string of the molecule is CN=C(NCC(C)Oc1ccccc1C)NCC1CCCN1C. The summed E-state index contributed by atoms with van der Waals surface area (Å²) in [6.45, 7) is 6.98. The molecule has 0 amide bonds. The molecule has 0 saturated carbocycles. The van der Waals surface area contributed by atoms with Gasteiger partial charge in [0.25, 0.3) is 0 Å². The summed E-state index contributed by atoms with van der Waals surface area (Å²) in [5, 5.41) is 6.76. The summed E-state index contributed by atoms with van der Waals surface area (Å²) in [5.41, 5.74) is 1.16. The summed E-state index contributed by atoms with van der Waals surface area (Å²) in [6.07, 6.45) is 2.62. The Labute approximate surface area is 140 Å². The number of likely N-dealkylation sites (N-methyl/N-ethyl adjacent to an activating group) is 1. The first-order valence-electron chi connectivity index (χ1n) is 8.47. The number of ether oxygens (including phenoxy) is 1. The zero-order valence-electron chi connectivity index (χ0n) is 14.8. The summed E-state index contributed by atoms with van der Waals surface area (Å²) in [7, 11) is 3.99. The maximum atomic E-state index is 5.98. The number of aryl methyl sites for hydroxylation is 1. The molecule has 1 saturated heterocycles. The van der Waals surface area contributed by atoms with E-state index in [0.717, 1.165) is 23.8 Å². The van der Waals surface area contributed by atoms with E-state index in [0.29, 0.717) is 12.6 Å². The first kappa shape index (κ1) is 17.6. The van der Waals surface area contributed by atoms with Crippen LogP contribution in [-0.4, -0.2) is 56.7 Å². The number of hydrogen-bond acceptors (Lipinski definition) is 3. The maximum Gasteiger partial charge on any atom is 0.191 e. The van der Waals surface area contributed by atoms with E-state index in [1.807, 2.05) is 18.2 Å². The number of nitrogens with one attached hydrogen (secondary N) is 2. The first-order chi connectivity index (χ1) is 11.1. The molecule has 1 heterocycles. The van der Waals surface area contributed by atoms with Gasteiger partial charge in [0, 0.05) is 19.6 Å². The van der Waals surface area contributed by atoms with Crippen molar-refractivity contribution in [3.8, 4) is 5.75 Å². The van der Waals surface area contributed by atoms with Gasteiger partial charge in [-0.05, 0) is 51.9 Å². The molecule has 2 N–H and O–H groups in total. The molecule has 2 atom stereocenters. The number of hydrogen-bond donors (Lipinski definition) is 2. The van der Waals surface area contributed by atoms with Gasteiger partial charge in [-0.3, -0.25) is 4.99 Å². The largest absolute Gasteiger partial charge is 0.489 e. The van der Waals surface area contributed by atoms with Crippen LogP contribution in [0, 0.1) is 6.92 Å². The Balaban J connectivity index is 1.73. The Bertz CT molecular complexity index is 517. The molecule has 1 aromatic rings. The lowest BCUT2D eigenvalue weighted by atomic mass is 10.2. The van der Waals surface area contributed by atoms with Crippen LogP contribution in [0.25, 0.3) is 0 Å². The second-order valence-electron chi connectivity index (χ2n) is 6.30. The average molecular weight is 318 g/mol. The van der Waals surface area contributed by atoms with Crippen molar-refractivity contribution in [2.75, 3.05) is 33.7 Å². The zero-order valence-corrected chi connectivity index (χ0v) is 14.8. The van der Waals surface area contributed by atoms with Crippen LogP contribution >= 0.6 is 0 Å².